The molecule has 2 N–H and O–H groups in total. The standard InChI is InChI=1S/C36H53N3O6S/c1-24-17-15-16-20-26(24)29(30(40)37-28(32(42)44-35(5,6)7)23-25-18-13-12-14-19-25)39(34(2,3)4)31(41)27(21-22-46-11)38-33(43)45-36(8,9)10/h12-20,27-29H,21-23H2,1-11H3,(H,37,40)(H,38,43). The minimum atomic E-state index is -1.13. The molecule has 254 valence electrons. The van der Waals surface area contributed by atoms with Crippen LogP contribution in [0.3, 0.4) is 0 Å². The molecule has 0 spiro atoms. The van der Waals surface area contributed by atoms with Gasteiger partial charge in [0.05, 0.1) is 0 Å². The summed E-state index contributed by atoms with van der Waals surface area (Å²) in [5.41, 5.74) is -0.185. The van der Waals surface area contributed by atoms with Gasteiger partial charge < -0.3 is 25.0 Å². The van der Waals surface area contributed by atoms with Gasteiger partial charge >= 0.3 is 12.1 Å². The van der Waals surface area contributed by atoms with Crippen molar-refractivity contribution >= 4 is 35.6 Å². The number of carbonyl (C=O) groups is 4. The molecule has 0 saturated heterocycles. The Morgan fingerprint density at radius 1 is 0.783 bits per heavy atom. The number of alkyl carbamates (subject to hydrolysis) is 1. The number of benzene rings is 2. The first kappa shape index (κ1) is 38.7. The van der Waals surface area contributed by atoms with E-state index >= 15 is 0 Å². The topological polar surface area (TPSA) is 114 Å². The van der Waals surface area contributed by atoms with Crippen LogP contribution in [-0.2, 0) is 30.3 Å². The van der Waals surface area contributed by atoms with Gasteiger partial charge in [0.1, 0.15) is 29.3 Å². The third-order valence-corrected chi connectivity index (χ3v) is 7.48. The second kappa shape index (κ2) is 16.3. The van der Waals surface area contributed by atoms with Gasteiger partial charge in [0.25, 0.3) is 0 Å². The number of ether oxygens (including phenoxy) is 2. The van der Waals surface area contributed by atoms with Gasteiger partial charge in [-0.05, 0) is 104 Å². The summed E-state index contributed by atoms with van der Waals surface area (Å²) in [6.07, 6.45) is 1.72. The number of nitrogens with one attached hydrogen (secondary N) is 2. The van der Waals surface area contributed by atoms with Gasteiger partial charge in [-0.3, -0.25) is 9.59 Å². The average Bonchev–Trinajstić information content (AvgIpc) is 2.91. The lowest BCUT2D eigenvalue weighted by Gasteiger charge is -2.43. The molecule has 0 saturated carbocycles. The number of hydrogen-bond acceptors (Lipinski definition) is 7. The number of amides is 3. The summed E-state index contributed by atoms with van der Waals surface area (Å²) in [7, 11) is 0. The Morgan fingerprint density at radius 3 is 1.87 bits per heavy atom. The van der Waals surface area contributed by atoms with E-state index < -0.39 is 58.7 Å². The Hall–Kier alpha value is -3.53. The van der Waals surface area contributed by atoms with E-state index in [0.29, 0.717) is 17.7 Å². The molecule has 0 heterocycles. The number of rotatable bonds is 12. The van der Waals surface area contributed by atoms with Crippen LogP contribution in [0.2, 0.25) is 0 Å². The number of hydrogen-bond donors (Lipinski definition) is 2. The highest BCUT2D eigenvalue weighted by Gasteiger charge is 2.43. The van der Waals surface area contributed by atoms with Crippen LogP contribution in [0.25, 0.3) is 0 Å². The highest BCUT2D eigenvalue weighted by Crippen LogP contribution is 2.32. The number of aryl methyl sites for hydroxylation is 1. The molecule has 0 aliphatic rings. The van der Waals surface area contributed by atoms with E-state index in [1.54, 1.807) is 53.3 Å². The van der Waals surface area contributed by atoms with Gasteiger partial charge in [0.15, 0.2) is 0 Å². The first-order valence-corrected chi connectivity index (χ1v) is 17.1. The van der Waals surface area contributed by atoms with Gasteiger partial charge in [-0.1, -0.05) is 54.6 Å². The fourth-order valence-electron chi connectivity index (χ4n) is 4.91. The van der Waals surface area contributed by atoms with E-state index in [-0.39, 0.29) is 6.42 Å². The van der Waals surface area contributed by atoms with Crippen molar-refractivity contribution in [2.75, 3.05) is 12.0 Å². The van der Waals surface area contributed by atoms with E-state index in [9.17, 15) is 19.2 Å². The van der Waals surface area contributed by atoms with Gasteiger partial charge in [0.2, 0.25) is 11.8 Å². The largest absolute Gasteiger partial charge is 0.458 e. The molecule has 0 aliphatic heterocycles. The molecule has 3 unspecified atom stereocenters. The summed E-state index contributed by atoms with van der Waals surface area (Å²) in [5, 5.41) is 5.72. The maximum Gasteiger partial charge on any atom is 0.408 e. The first-order valence-electron chi connectivity index (χ1n) is 15.7. The summed E-state index contributed by atoms with van der Waals surface area (Å²) < 4.78 is 11.2. The molecule has 0 fully saturated rings. The van der Waals surface area contributed by atoms with E-state index in [0.717, 1.165) is 11.1 Å². The summed E-state index contributed by atoms with van der Waals surface area (Å²) in [6, 6.07) is 13.6. The van der Waals surface area contributed by atoms with Gasteiger partial charge in [0, 0.05) is 12.0 Å². The minimum absolute atomic E-state index is 0.196. The van der Waals surface area contributed by atoms with E-state index in [1.165, 1.54) is 4.90 Å². The zero-order valence-corrected chi connectivity index (χ0v) is 30.2. The van der Waals surface area contributed by atoms with E-state index in [1.807, 2.05) is 88.5 Å². The number of nitrogens with zero attached hydrogens (tertiary/aromatic N) is 1. The van der Waals surface area contributed by atoms with Crippen molar-refractivity contribution in [3.05, 3.63) is 71.3 Å². The third kappa shape index (κ3) is 12.3. The number of thioether (sulfide) groups is 1. The van der Waals surface area contributed by atoms with E-state index in [2.05, 4.69) is 10.6 Å². The summed E-state index contributed by atoms with van der Waals surface area (Å²) in [6.45, 7) is 18.0. The van der Waals surface area contributed by atoms with Crippen molar-refractivity contribution in [1.82, 2.24) is 15.5 Å². The van der Waals surface area contributed by atoms with Crippen molar-refractivity contribution in [3.8, 4) is 0 Å². The molecule has 0 bridgehead atoms. The SMILES string of the molecule is CSCCC(NC(=O)OC(C)(C)C)C(=O)N(C(C(=O)NC(Cc1ccccc1)C(=O)OC(C)(C)C)c1ccccc1C)C(C)(C)C. The van der Waals surface area contributed by atoms with Gasteiger partial charge in [-0.15, -0.1) is 0 Å². The maximum atomic E-state index is 14.6. The van der Waals surface area contributed by atoms with Crippen LogP contribution in [0.4, 0.5) is 4.79 Å². The first-order chi connectivity index (χ1) is 21.2. The smallest absolute Gasteiger partial charge is 0.408 e. The molecule has 0 radical (unpaired) electrons. The molecule has 9 nitrogen and oxygen atoms in total. The molecular weight excluding hydrogens is 602 g/mol. The average molecular weight is 656 g/mol. The lowest BCUT2D eigenvalue weighted by molar-refractivity contribution is -0.159. The van der Waals surface area contributed by atoms with Crippen LogP contribution in [0.5, 0.6) is 0 Å². The number of carbonyl (C=O) groups excluding carboxylic acids is 4. The monoisotopic (exact) mass is 655 g/mol. The zero-order chi connectivity index (χ0) is 34.9. The summed E-state index contributed by atoms with van der Waals surface area (Å²) in [4.78, 5) is 57.1. The quantitative estimate of drug-likeness (QED) is 0.255. The summed E-state index contributed by atoms with van der Waals surface area (Å²) >= 11 is 1.54. The van der Waals surface area contributed by atoms with Crippen LogP contribution < -0.4 is 10.6 Å². The maximum absolute atomic E-state index is 14.6. The van der Waals surface area contributed by atoms with Gasteiger partial charge in [-0.25, -0.2) is 9.59 Å². The van der Waals surface area contributed by atoms with Crippen LogP contribution in [0, 0.1) is 6.92 Å². The van der Waals surface area contributed by atoms with Crippen molar-refractivity contribution in [2.24, 2.45) is 0 Å². The highest BCUT2D eigenvalue weighted by atomic mass is 32.2. The van der Waals surface area contributed by atoms with Crippen LogP contribution in [0.15, 0.2) is 54.6 Å². The molecular formula is C36H53N3O6S. The number of esters is 1. The minimum Gasteiger partial charge on any atom is -0.458 e. The van der Waals surface area contributed by atoms with Crippen molar-refractivity contribution in [3.63, 3.8) is 0 Å². The Bertz CT molecular complexity index is 1330. The van der Waals surface area contributed by atoms with Crippen LogP contribution >= 0.6 is 11.8 Å². The third-order valence-electron chi connectivity index (χ3n) is 6.84. The zero-order valence-electron chi connectivity index (χ0n) is 29.4. The van der Waals surface area contributed by atoms with Crippen molar-refractivity contribution < 1.29 is 28.7 Å². The van der Waals surface area contributed by atoms with Gasteiger partial charge in [-0.2, -0.15) is 11.8 Å². The molecule has 10 heteroatoms. The van der Waals surface area contributed by atoms with Crippen LogP contribution in [-0.4, -0.2) is 69.6 Å². The lowest BCUT2D eigenvalue weighted by atomic mass is 9.92. The molecule has 2 aromatic rings. The Kier molecular flexibility index (Phi) is 13.7. The lowest BCUT2D eigenvalue weighted by Crippen LogP contribution is -2.60. The molecule has 0 aromatic heterocycles. The second-order valence-electron chi connectivity index (χ2n) is 14.4. The molecule has 46 heavy (non-hydrogen) atoms. The second-order valence-corrected chi connectivity index (χ2v) is 15.4. The van der Waals surface area contributed by atoms with Crippen LogP contribution in [0.1, 0.15) is 91.5 Å². The fraction of sp³-hybridized carbons (Fsp3) is 0.556. The highest BCUT2D eigenvalue weighted by molar-refractivity contribution is 7.98. The Balaban J connectivity index is 2.65. The fourth-order valence-corrected chi connectivity index (χ4v) is 5.39. The molecule has 3 amide bonds. The predicted octanol–water partition coefficient (Wildman–Crippen LogP) is 6.38. The normalized spacial score (nSPS) is 14.0. The Morgan fingerprint density at radius 2 is 1.35 bits per heavy atom. The Labute approximate surface area is 279 Å². The molecule has 2 rings (SSSR count). The molecule has 0 aliphatic carbocycles. The van der Waals surface area contributed by atoms with Crippen molar-refractivity contribution in [1.29, 1.82) is 0 Å². The molecule has 2 aromatic carbocycles. The van der Waals surface area contributed by atoms with E-state index in [4.69, 9.17) is 9.47 Å². The van der Waals surface area contributed by atoms with Crippen molar-refractivity contribution in [2.45, 2.75) is 117 Å². The predicted molar refractivity (Wildman–Crippen MR) is 185 cm³/mol. The molecule has 3 atom stereocenters. The summed E-state index contributed by atoms with van der Waals surface area (Å²) in [5.74, 6) is -0.965.